The van der Waals surface area contributed by atoms with E-state index in [2.05, 4.69) is 9.46 Å². The number of rotatable bonds is 8. The lowest BCUT2D eigenvalue weighted by molar-refractivity contribution is 0.0597. The van der Waals surface area contributed by atoms with Crippen molar-refractivity contribution in [2.45, 2.75) is 44.9 Å². The molecule has 164 valence electrons. The van der Waals surface area contributed by atoms with Gasteiger partial charge in [-0.05, 0) is 42.0 Å². The number of phenols is 1. The number of phenolic OH excluding ortho intramolecular Hbond substituents is 1. The van der Waals surface area contributed by atoms with Crippen LogP contribution in [-0.2, 0) is 34.0 Å². The van der Waals surface area contributed by atoms with E-state index in [4.69, 9.17) is 16.3 Å². The molecule has 2 rings (SSSR count). The number of sulfonamides is 1. The van der Waals surface area contributed by atoms with E-state index >= 15 is 0 Å². The lowest BCUT2D eigenvalue weighted by Crippen LogP contribution is -2.18. The summed E-state index contributed by atoms with van der Waals surface area (Å²) in [6, 6.07) is 4.91. The molecule has 2 aromatic rings. The maximum atomic E-state index is 13.4. The molecular formula is C21H26ClNO6S. The van der Waals surface area contributed by atoms with Gasteiger partial charge < -0.3 is 14.6 Å². The summed E-state index contributed by atoms with van der Waals surface area (Å²) in [6.07, 6.45) is 1.84. The van der Waals surface area contributed by atoms with Crippen molar-refractivity contribution >= 4 is 33.3 Å². The van der Waals surface area contributed by atoms with E-state index in [1.807, 2.05) is 32.9 Å². The molecule has 0 amide bonds. The van der Waals surface area contributed by atoms with Gasteiger partial charge in [-0.25, -0.2) is 13.2 Å². The van der Waals surface area contributed by atoms with E-state index in [0.717, 1.165) is 25.2 Å². The van der Waals surface area contributed by atoms with Crippen LogP contribution in [0.2, 0.25) is 5.02 Å². The van der Waals surface area contributed by atoms with Crippen LogP contribution >= 0.6 is 11.6 Å². The van der Waals surface area contributed by atoms with Crippen molar-refractivity contribution in [2.24, 2.45) is 0 Å². The Balaban J connectivity index is 2.71. The van der Waals surface area contributed by atoms with Crippen LogP contribution in [0, 0.1) is 0 Å². The second-order valence-electron chi connectivity index (χ2n) is 6.57. The van der Waals surface area contributed by atoms with E-state index in [0.29, 0.717) is 24.0 Å². The van der Waals surface area contributed by atoms with Gasteiger partial charge in [0.25, 0.3) is 10.0 Å². The number of carbonyl (C=O) groups is 1. The first kappa shape index (κ1) is 23.8. The fourth-order valence-corrected chi connectivity index (χ4v) is 5.18. The van der Waals surface area contributed by atoms with Gasteiger partial charge in [0.05, 0.1) is 24.8 Å². The van der Waals surface area contributed by atoms with Crippen molar-refractivity contribution in [1.82, 2.24) is 0 Å². The molecule has 0 aliphatic rings. The van der Waals surface area contributed by atoms with E-state index in [1.165, 1.54) is 7.11 Å². The summed E-state index contributed by atoms with van der Waals surface area (Å²) >= 11 is 6.12. The number of hydrogen-bond acceptors (Lipinski definition) is 6. The molecule has 7 nitrogen and oxygen atoms in total. The number of aromatic hydroxyl groups is 1. The molecule has 0 fully saturated rings. The molecule has 30 heavy (non-hydrogen) atoms. The van der Waals surface area contributed by atoms with Crippen LogP contribution in [0.25, 0.3) is 0 Å². The molecule has 9 heteroatoms. The quantitative estimate of drug-likeness (QED) is 0.453. The summed E-state index contributed by atoms with van der Waals surface area (Å²) in [5.74, 6) is -1.53. The number of benzene rings is 2. The van der Waals surface area contributed by atoms with Crippen LogP contribution in [0.5, 0.6) is 11.5 Å². The Morgan fingerprint density at radius 3 is 2.07 bits per heavy atom. The van der Waals surface area contributed by atoms with Crippen LogP contribution in [0.3, 0.4) is 0 Å². The van der Waals surface area contributed by atoms with E-state index in [-0.39, 0.29) is 26.9 Å². The van der Waals surface area contributed by atoms with Gasteiger partial charge in [-0.15, -0.1) is 0 Å². The standard InChI is InChI=1S/C21H26ClNO6S/c1-6-12-9-13(7-2)20(14(8-3)10-12)30(26,27)23-16-11-15(21(25)29-5)18(24)17(22)19(16)28-4/h9-11,23-24H,6-8H2,1-5H3. The summed E-state index contributed by atoms with van der Waals surface area (Å²) in [7, 11) is -1.64. The summed E-state index contributed by atoms with van der Waals surface area (Å²) in [5, 5.41) is 9.88. The highest BCUT2D eigenvalue weighted by atomic mass is 35.5. The Labute approximate surface area is 182 Å². The number of methoxy groups -OCH3 is 2. The average molecular weight is 456 g/mol. The molecular weight excluding hydrogens is 430 g/mol. The summed E-state index contributed by atoms with van der Waals surface area (Å²) in [4.78, 5) is 12.2. The third-order valence-corrected chi connectivity index (χ3v) is 6.69. The summed E-state index contributed by atoms with van der Waals surface area (Å²) in [6.45, 7) is 5.79. The third kappa shape index (κ3) is 4.49. The highest BCUT2D eigenvalue weighted by Crippen LogP contribution is 2.43. The van der Waals surface area contributed by atoms with Crippen molar-refractivity contribution in [1.29, 1.82) is 0 Å². The van der Waals surface area contributed by atoms with Gasteiger partial charge in [0.1, 0.15) is 10.6 Å². The lowest BCUT2D eigenvalue weighted by Gasteiger charge is -2.19. The topological polar surface area (TPSA) is 102 Å². The molecule has 0 heterocycles. The van der Waals surface area contributed by atoms with Crippen molar-refractivity contribution in [2.75, 3.05) is 18.9 Å². The van der Waals surface area contributed by atoms with Gasteiger partial charge in [0, 0.05) is 0 Å². The van der Waals surface area contributed by atoms with Crippen molar-refractivity contribution < 1.29 is 27.8 Å². The van der Waals surface area contributed by atoms with E-state index in [9.17, 15) is 18.3 Å². The first-order valence-corrected chi connectivity index (χ1v) is 11.4. The fraction of sp³-hybridized carbons (Fsp3) is 0.381. The van der Waals surface area contributed by atoms with Gasteiger partial charge in [-0.3, -0.25) is 4.72 Å². The molecule has 2 aromatic carbocycles. The predicted octanol–water partition coefficient (Wildman–Crippen LogP) is 4.33. The second-order valence-corrected chi connectivity index (χ2v) is 8.57. The molecule has 0 bridgehead atoms. The van der Waals surface area contributed by atoms with Crippen LogP contribution < -0.4 is 9.46 Å². The second kappa shape index (κ2) is 9.57. The molecule has 0 radical (unpaired) electrons. The first-order valence-electron chi connectivity index (χ1n) is 9.50. The number of esters is 1. The molecule has 0 unspecified atom stereocenters. The maximum Gasteiger partial charge on any atom is 0.341 e. The Morgan fingerprint density at radius 2 is 1.63 bits per heavy atom. The zero-order chi connectivity index (χ0) is 22.6. The van der Waals surface area contributed by atoms with Crippen molar-refractivity contribution in [3.05, 3.63) is 45.5 Å². The third-order valence-electron chi connectivity index (χ3n) is 4.79. The number of anilines is 1. The average Bonchev–Trinajstić information content (AvgIpc) is 2.74. The van der Waals surface area contributed by atoms with Gasteiger partial charge >= 0.3 is 5.97 Å². The van der Waals surface area contributed by atoms with Crippen LogP contribution in [0.4, 0.5) is 5.69 Å². The number of hydrogen-bond donors (Lipinski definition) is 2. The fourth-order valence-electron chi connectivity index (χ4n) is 3.26. The monoisotopic (exact) mass is 455 g/mol. The van der Waals surface area contributed by atoms with Gasteiger partial charge in [-0.2, -0.15) is 0 Å². The minimum absolute atomic E-state index is 0.0793. The van der Waals surface area contributed by atoms with Crippen molar-refractivity contribution in [3.63, 3.8) is 0 Å². The van der Waals surface area contributed by atoms with E-state index in [1.54, 1.807) is 0 Å². The SMILES string of the molecule is CCc1cc(CC)c(S(=O)(=O)Nc2cc(C(=O)OC)c(O)c(Cl)c2OC)c(CC)c1. The molecule has 0 saturated carbocycles. The van der Waals surface area contributed by atoms with Crippen LogP contribution in [0.1, 0.15) is 47.8 Å². The Kier molecular flexibility index (Phi) is 7.60. The van der Waals surface area contributed by atoms with Crippen LogP contribution in [0.15, 0.2) is 23.1 Å². The highest BCUT2D eigenvalue weighted by Gasteiger charge is 2.27. The Morgan fingerprint density at radius 1 is 1.07 bits per heavy atom. The number of carbonyl (C=O) groups excluding carboxylic acids is 1. The maximum absolute atomic E-state index is 13.4. The number of halogens is 1. The highest BCUT2D eigenvalue weighted by molar-refractivity contribution is 7.92. The number of ether oxygens (including phenoxy) is 2. The molecule has 0 spiro atoms. The predicted molar refractivity (Wildman–Crippen MR) is 116 cm³/mol. The number of aryl methyl sites for hydroxylation is 3. The van der Waals surface area contributed by atoms with Gasteiger partial charge in [0.2, 0.25) is 0 Å². The van der Waals surface area contributed by atoms with Crippen LogP contribution in [-0.4, -0.2) is 33.7 Å². The smallest absolute Gasteiger partial charge is 0.341 e. The molecule has 0 saturated heterocycles. The molecule has 0 aliphatic heterocycles. The zero-order valence-electron chi connectivity index (χ0n) is 17.6. The molecule has 0 aliphatic carbocycles. The molecule has 0 aromatic heterocycles. The zero-order valence-corrected chi connectivity index (χ0v) is 19.2. The molecule has 2 N–H and O–H groups in total. The lowest BCUT2D eigenvalue weighted by atomic mass is 10.0. The first-order chi connectivity index (χ1) is 14.1. The normalized spacial score (nSPS) is 11.3. The number of nitrogens with one attached hydrogen (secondary N) is 1. The Hall–Kier alpha value is -2.45. The minimum Gasteiger partial charge on any atom is -0.505 e. The minimum atomic E-state index is -4.06. The molecule has 0 atom stereocenters. The van der Waals surface area contributed by atoms with E-state index < -0.39 is 21.7 Å². The Bertz CT molecular complexity index is 1040. The summed E-state index contributed by atoms with van der Waals surface area (Å²) in [5.41, 5.74) is 2.07. The largest absolute Gasteiger partial charge is 0.505 e. The van der Waals surface area contributed by atoms with Gasteiger partial charge in [-0.1, -0.05) is 44.5 Å². The van der Waals surface area contributed by atoms with Gasteiger partial charge in [0.15, 0.2) is 11.5 Å². The summed E-state index contributed by atoms with van der Waals surface area (Å²) < 4.78 is 39.1. The van der Waals surface area contributed by atoms with Crippen molar-refractivity contribution in [3.8, 4) is 11.5 Å².